The van der Waals surface area contributed by atoms with Crippen LogP contribution in [0.3, 0.4) is 0 Å². The SMILES string of the molecule is CC.CC(=O)CC(C)(C)/C(N)=C/N(C)N. The van der Waals surface area contributed by atoms with Crippen LogP contribution in [0, 0.1) is 5.41 Å². The van der Waals surface area contributed by atoms with E-state index in [1.54, 1.807) is 20.2 Å². The molecule has 0 heterocycles. The average Bonchev–Trinajstić information content (AvgIpc) is 2.04. The van der Waals surface area contributed by atoms with Gasteiger partial charge in [-0.3, -0.25) is 4.79 Å². The second-order valence-electron chi connectivity index (χ2n) is 4.01. The van der Waals surface area contributed by atoms with Gasteiger partial charge >= 0.3 is 0 Å². The molecule has 0 atom stereocenters. The van der Waals surface area contributed by atoms with Crippen LogP contribution in [0.1, 0.15) is 41.0 Å². The number of allylic oxidation sites excluding steroid dienone is 1. The van der Waals surface area contributed by atoms with Crippen molar-refractivity contribution in [2.24, 2.45) is 17.0 Å². The van der Waals surface area contributed by atoms with Crippen molar-refractivity contribution in [3.05, 3.63) is 11.9 Å². The van der Waals surface area contributed by atoms with Crippen molar-refractivity contribution < 1.29 is 4.79 Å². The van der Waals surface area contributed by atoms with Gasteiger partial charge in [-0.05, 0) is 6.92 Å². The third-order valence-electron chi connectivity index (χ3n) is 1.82. The van der Waals surface area contributed by atoms with Gasteiger partial charge in [0.2, 0.25) is 0 Å². The van der Waals surface area contributed by atoms with E-state index < -0.39 is 0 Å². The number of nitrogens with two attached hydrogens (primary N) is 2. The molecular formula is C11H25N3O. The first-order valence-corrected chi connectivity index (χ1v) is 5.20. The number of hydrogen-bond donors (Lipinski definition) is 2. The number of hydrazine groups is 1. The number of rotatable bonds is 4. The molecule has 0 saturated heterocycles. The molecule has 0 saturated carbocycles. The molecule has 0 aliphatic heterocycles. The van der Waals surface area contributed by atoms with Crippen molar-refractivity contribution in [1.82, 2.24) is 5.01 Å². The Kier molecular flexibility index (Phi) is 7.97. The fourth-order valence-corrected chi connectivity index (χ4v) is 1.12. The van der Waals surface area contributed by atoms with E-state index in [2.05, 4.69) is 0 Å². The lowest BCUT2D eigenvalue weighted by Crippen LogP contribution is -2.28. The summed E-state index contributed by atoms with van der Waals surface area (Å²) in [7, 11) is 1.69. The highest BCUT2D eigenvalue weighted by atomic mass is 16.1. The van der Waals surface area contributed by atoms with E-state index in [9.17, 15) is 4.79 Å². The Balaban J connectivity index is 0. The molecule has 0 aliphatic carbocycles. The zero-order valence-electron chi connectivity index (χ0n) is 10.8. The van der Waals surface area contributed by atoms with Crippen LogP contribution in [0.2, 0.25) is 0 Å². The molecule has 0 spiro atoms. The maximum atomic E-state index is 10.9. The molecule has 0 bridgehead atoms. The summed E-state index contributed by atoms with van der Waals surface area (Å²) in [6, 6.07) is 0. The average molecular weight is 215 g/mol. The lowest BCUT2D eigenvalue weighted by atomic mass is 9.84. The minimum Gasteiger partial charge on any atom is -0.400 e. The molecule has 0 rings (SSSR count). The zero-order chi connectivity index (χ0) is 12.6. The van der Waals surface area contributed by atoms with Gasteiger partial charge in [0.25, 0.3) is 0 Å². The first-order valence-electron chi connectivity index (χ1n) is 5.20. The van der Waals surface area contributed by atoms with Crippen molar-refractivity contribution in [2.45, 2.75) is 41.0 Å². The second kappa shape index (κ2) is 7.29. The molecule has 0 aromatic rings. The van der Waals surface area contributed by atoms with Crippen molar-refractivity contribution in [3.8, 4) is 0 Å². The Morgan fingerprint density at radius 3 is 2.07 bits per heavy atom. The molecule has 90 valence electrons. The highest BCUT2D eigenvalue weighted by molar-refractivity contribution is 5.76. The molecular weight excluding hydrogens is 190 g/mol. The predicted octanol–water partition coefficient (Wildman–Crippen LogP) is 1.62. The van der Waals surface area contributed by atoms with Gasteiger partial charge in [-0.1, -0.05) is 27.7 Å². The van der Waals surface area contributed by atoms with Crippen LogP contribution >= 0.6 is 0 Å². The maximum Gasteiger partial charge on any atom is 0.130 e. The van der Waals surface area contributed by atoms with E-state index in [4.69, 9.17) is 11.6 Å². The van der Waals surface area contributed by atoms with Crippen LogP contribution in [0.25, 0.3) is 0 Å². The topological polar surface area (TPSA) is 72.4 Å². The van der Waals surface area contributed by atoms with E-state index in [1.807, 2.05) is 27.7 Å². The Morgan fingerprint density at radius 2 is 1.80 bits per heavy atom. The van der Waals surface area contributed by atoms with E-state index in [0.29, 0.717) is 12.1 Å². The molecule has 4 heteroatoms. The van der Waals surface area contributed by atoms with Gasteiger partial charge in [-0.25, -0.2) is 5.84 Å². The van der Waals surface area contributed by atoms with E-state index in [0.717, 1.165) is 0 Å². The third-order valence-corrected chi connectivity index (χ3v) is 1.82. The number of nitrogens with zero attached hydrogens (tertiary/aromatic N) is 1. The summed E-state index contributed by atoms with van der Waals surface area (Å²) in [5, 5.41) is 1.39. The molecule has 0 unspecified atom stereocenters. The summed E-state index contributed by atoms with van der Waals surface area (Å²) in [4.78, 5) is 10.9. The number of hydrogen-bond acceptors (Lipinski definition) is 4. The lowest BCUT2D eigenvalue weighted by molar-refractivity contribution is -0.118. The summed E-state index contributed by atoms with van der Waals surface area (Å²) in [5.41, 5.74) is 6.09. The van der Waals surface area contributed by atoms with Crippen LogP contribution in [0.4, 0.5) is 0 Å². The quantitative estimate of drug-likeness (QED) is 0.552. The van der Waals surface area contributed by atoms with Crippen molar-refractivity contribution >= 4 is 5.78 Å². The molecule has 0 radical (unpaired) electrons. The lowest BCUT2D eigenvalue weighted by Gasteiger charge is -2.24. The third kappa shape index (κ3) is 8.00. The second-order valence-corrected chi connectivity index (χ2v) is 4.01. The molecule has 0 aromatic heterocycles. The highest BCUT2D eigenvalue weighted by Gasteiger charge is 2.23. The molecule has 0 amide bonds. The predicted molar refractivity (Wildman–Crippen MR) is 64.6 cm³/mol. The van der Waals surface area contributed by atoms with Crippen LogP contribution in [-0.4, -0.2) is 17.8 Å². The maximum absolute atomic E-state index is 10.9. The first-order chi connectivity index (χ1) is 6.75. The van der Waals surface area contributed by atoms with Crippen molar-refractivity contribution in [3.63, 3.8) is 0 Å². The molecule has 0 aromatic carbocycles. The van der Waals surface area contributed by atoms with Gasteiger partial charge < -0.3 is 10.7 Å². The highest BCUT2D eigenvalue weighted by Crippen LogP contribution is 2.26. The zero-order valence-corrected chi connectivity index (χ0v) is 10.8. The number of carbonyl (C=O) groups is 1. The molecule has 0 aliphatic rings. The fourth-order valence-electron chi connectivity index (χ4n) is 1.12. The summed E-state index contributed by atoms with van der Waals surface area (Å²) in [5.74, 6) is 5.54. The van der Waals surface area contributed by atoms with Crippen molar-refractivity contribution in [2.75, 3.05) is 7.05 Å². The van der Waals surface area contributed by atoms with Gasteiger partial charge in [0.05, 0.1) is 0 Å². The van der Waals surface area contributed by atoms with E-state index in [-0.39, 0.29) is 11.2 Å². The molecule has 4 nitrogen and oxygen atoms in total. The largest absolute Gasteiger partial charge is 0.400 e. The fraction of sp³-hybridized carbons (Fsp3) is 0.727. The number of carbonyl (C=O) groups excluding carboxylic acids is 1. The standard InChI is InChI=1S/C9H19N3O.C2H6/c1-7(13)5-9(2,3)8(10)6-12(4)11;1-2/h6H,5,10-11H2,1-4H3;1-2H3/b8-6-;. The Morgan fingerprint density at radius 1 is 1.40 bits per heavy atom. The smallest absolute Gasteiger partial charge is 0.130 e. The Hall–Kier alpha value is -1.03. The van der Waals surface area contributed by atoms with E-state index >= 15 is 0 Å². The minimum absolute atomic E-state index is 0.126. The number of ketones is 1. The van der Waals surface area contributed by atoms with Crippen LogP contribution in [0.15, 0.2) is 11.9 Å². The minimum atomic E-state index is -0.320. The molecule has 4 N–H and O–H groups in total. The Bertz CT molecular complexity index is 220. The van der Waals surface area contributed by atoms with Gasteiger partial charge in [0.1, 0.15) is 5.78 Å². The van der Waals surface area contributed by atoms with Gasteiger partial charge in [0.15, 0.2) is 0 Å². The molecule has 0 fully saturated rings. The normalized spacial score (nSPS) is 11.5. The van der Waals surface area contributed by atoms with Crippen LogP contribution in [-0.2, 0) is 4.79 Å². The van der Waals surface area contributed by atoms with Crippen LogP contribution < -0.4 is 11.6 Å². The summed E-state index contributed by atoms with van der Waals surface area (Å²) in [6.45, 7) is 9.40. The summed E-state index contributed by atoms with van der Waals surface area (Å²) < 4.78 is 0. The summed E-state index contributed by atoms with van der Waals surface area (Å²) >= 11 is 0. The van der Waals surface area contributed by atoms with Gasteiger partial charge in [-0.2, -0.15) is 0 Å². The van der Waals surface area contributed by atoms with Gasteiger partial charge in [-0.15, -0.1) is 0 Å². The Labute approximate surface area is 93.3 Å². The first kappa shape index (κ1) is 16.4. The van der Waals surface area contributed by atoms with Crippen molar-refractivity contribution in [1.29, 1.82) is 0 Å². The number of Topliss-reactive ketones (excluding diaryl/α,β-unsaturated/α-hetero) is 1. The van der Waals surface area contributed by atoms with E-state index in [1.165, 1.54) is 5.01 Å². The monoisotopic (exact) mass is 215 g/mol. The van der Waals surface area contributed by atoms with Crippen LogP contribution in [0.5, 0.6) is 0 Å². The molecule has 15 heavy (non-hydrogen) atoms. The van der Waals surface area contributed by atoms with Gasteiger partial charge in [0, 0.05) is 30.8 Å². The summed E-state index contributed by atoms with van der Waals surface area (Å²) in [6.07, 6.45) is 2.06.